The van der Waals surface area contributed by atoms with Crippen molar-refractivity contribution in [2.45, 2.75) is 104 Å². The molecule has 0 aromatic heterocycles. The summed E-state index contributed by atoms with van der Waals surface area (Å²) < 4.78 is 508. The van der Waals surface area contributed by atoms with Crippen molar-refractivity contribution in [1.82, 2.24) is 0 Å². The van der Waals surface area contributed by atoms with Gasteiger partial charge in [-0.05, 0) is 0 Å². The van der Waals surface area contributed by atoms with Crippen molar-refractivity contribution >= 4 is 81.7 Å². The van der Waals surface area contributed by atoms with E-state index in [1.807, 2.05) is 0 Å². The van der Waals surface area contributed by atoms with Crippen molar-refractivity contribution in [3.63, 3.8) is 0 Å². The second-order valence-corrected chi connectivity index (χ2v) is 16.4. The van der Waals surface area contributed by atoms with Gasteiger partial charge in [-0.1, -0.05) is 0 Å². The third-order valence-corrected chi connectivity index (χ3v) is 11.9. The topological polar surface area (TPSA) is 163 Å². The van der Waals surface area contributed by atoms with Crippen molar-refractivity contribution < 1.29 is 184 Å². The van der Waals surface area contributed by atoms with E-state index in [1.54, 1.807) is 0 Å². The van der Waals surface area contributed by atoms with Crippen molar-refractivity contribution in [1.29, 1.82) is 0 Å². The molecule has 380 valence electrons. The van der Waals surface area contributed by atoms with Crippen LogP contribution in [0.5, 0.6) is 0 Å². The Morgan fingerprint density at radius 3 is 0.312 bits per heavy atom. The Kier molecular flexibility index (Phi) is 14.6. The van der Waals surface area contributed by atoms with Crippen LogP contribution in [0.3, 0.4) is 0 Å². The van der Waals surface area contributed by atoms with Crippen LogP contribution in [0.2, 0.25) is 0 Å². The van der Waals surface area contributed by atoms with Gasteiger partial charge >= 0.3 is 186 Å². The van der Waals surface area contributed by atoms with Gasteiger partial charge < -0.3 is 0 Å². The molecule has 0 aromatic rings. The number of alkyl halides is 33. The Morgan fingerprint density at radius 1 is 0.188 bits per heavy atom. The third-order valence-electron chi connectivity index (χ3n) is 8.22. The average molecular weight is 1130 g/mol. The molecule has 0 unspecified atom stereocenters. The first-order valence-corrected chi connectivity index (χ1v) is 17.2. The van der Waals surface area contributed by atoms with E-state index in [9.17, 15) is 170 Å². The molecule has 9 nitrogen and oxygen atoms in total. The summed E-state index contributed by atoms with van der Waals surface area (Å²) in [5, 5.41) is -22.2. The molecule has 0 aromatic carbocycles. The zero-order valence-corrected chi connectivity index (χ0v) is 28.9. The maximum atomic E-state index is 13.3. The molecule has 0 aliphatic heterocycles. The molecule has 0 amide bonds. The van der Waals surface area contributed by atoms with Crippen LogP contribution in [0, 0.1) is 0 Å². The number of halogens is 33. The van der Waals surface area contributed by atoms with Gasteiger partial charge in [0.2, 0.25) is 0 Å². The van der Waals surface area contributed by atoms with Gasteiger partial charge in [0, 0.05) is 0 Å². The van der Waals surface area contributed by atoms with Crippen LogP contribution >= 0.6 is 0 Å². The summed E-state index contributed by atoms with van der Waals surface area (Å²) in [5.41, 5.74) is 0. The van der Waals surface area contributed by atoms with Crippen LogP contribution in [0.1, 0.15) is 0 Å². The fraction of sp³-hybridized carbons (Fsp3) is 1.00. The maximum absolute atomic E-state index is 13.3. The molecule has 3 fully saturated rings. The van der Waals surface area contributed by atoms with Crippen LogP contribution in [0.25, 0.3) is 0 Å². The molecule has 3 N–H and O–H groups in total. The van der Waals surface area contributed by atoms with E-state index in [0.29, 0.717) is 0 Å². The molecular formula is C18H4F33KO9S3. The Balaban J connectivity index is 0.000000923. The molecule has 46 heteroatoms. The molecule has 0 atom stereocenters. The van der Waals surface area contributed by atoms with Crippen LogP contribution in [-0.2, 0) is 30.4 Å². The second kappa shape index (κ2) is 14.8. The zero-order chi connectivity index (χ0) is 52.5. The molecular weight excluding hydrogens is 1120 g/mol. The van der Waals surface area contributed by atoms with E-state index < -0.39 is 134 Å². The second-order valence-electron chi connectivity index (χ2n) is 11.8. The minimum atomic E-state index is -7.69. The predicted octanol–water partition coefficient (Wildman–Crippen LogP) is 7.54. The van der Waals surface area contributed by atoms with Gasteiger partial charge in [0.25, 0.3) is 0 Å². The van der Waals surface area contributed by atoms with Crippen LogP contribution in [0.15, 0.2) is 0 Å². The first kappa shape index (κ1) is 63.1. The number of hydrogen-bond acceptors (Lipinski definition) is 6. The number of hydrogen-bond donors (Lipinski definition) is 3. The zero-order valence-electron chi connectivity index (χ0n) is 26.5. The Hall–Kier alpha value is -0.944. The summed E-state index contributed by atoms with van der Waals surface area (Å²) in [6.45, 7) is 0. The van der Waals surface area contributed by atoms with Gasteiger partial charge in [0.1, 0.15) is 0 Å². The summed E-state index contributed by atoms with van der Waals surface area (Å²) in [4.78, 5) is 0. The molecule has 0 radical (unpaired) electrons. The van der Waals surface area contributed by atoms with Gasteiger partial charge in [0.05, 0.1) is 0 Å². The standard InChI is InChI=1S/3C6HF11O3S.K.H/c3*7-1(8)2(9,10)4(13,14)6(17,21(18,19)20)5(15,16)3(1,11)12;;/h3*(H,18,19,20);;. The average Bonchev–Trinajstić information content (AvgIpc) is 3.03. The van der Waals surface area contributed by atoms with Crippen molar-refractivity contribution in [3.8, 4) is 0 Å². The van der Waals surface area contributed by atoms with Crippen LogP contribution in [-0.4, -0.2) is 194 Å². The van der Waals surface area contributed by atoms with Gasteiger partial charge in [-0.25, -0.2) is 13.2 Å². The van der Waals surface area contributed by atoms with Gasteiger partial charge in [-0.15, -0.1) is 0 Å². The quantitative estimate of drug-likeness (QED) is 0.147. The van der Waals surface area contributed by atoms with E-state index in [4.69, 9.17) is 13.7 Å². The van der Waals surface area contributed by atoms with Gasteiger partial charge in [0.15, 0.2) is 0 Å². The van der Waals surface area contributed by atoms with E-state index in [0.717, 1.165) is 0 Å². The Bertz CT molecular complexity index is 1850. The summed E-state index contributed by atoms with van der Waals surface area (Å²) in [5.74, 6) is -113. The van der Waals surface area contributed by atoms with E-state index in [2.05, 4.69) is 0 Å². The third kappa shape index (κ3) is 6.23. The molecule has 3 saturated carbocycles. The first-order chi connectivity index (χ1) is 26.2. The Morgan fingerprint density at radius 2 is 0.250 bits per heavy atom. The molecule has 0 heterocycles. The molecule has 0 spiro atoms. The number of rotatable bonds is 3. The predicted molar refractivity (Wildman–Crippen MR) is 128 cm³/mol. The summed E-state index contributed by atoms with van der Waals surface area (Å²) in [7, 11) is -23.1. The van der Waals surface area contributed by atoms with Crippen molar-refractivity contribution in [2.75, 3.05) is 0 Å². The molecule has 0 bridgehead atoms. The van der Waals surface area contributed by atoms with E-state index >= 15 is 0 Å². The van der Waals surface area contributed by atoms with E-state index in [1.165, 1.54) is 0 Å². The minimum absolute atomic E-state index is 0. The van der Waals surface area contributed by atoms with Crippen molar-refractivity contribution in [2.24, 2.45) is 0 Å². The first-order valence-electron chi connectivity index (χ1n) is 12.9. The van der Waals surface area contributed by atoms with Crippen molar-refractivity contribution in [3.05, 3.63) is 0 Å². The summed E-state index contributed by atoms with van der Waals surface area (Å²) in [6.07, 6.45) is 0. The summed E-state index contributed by atoms with van der Waals surface area (Å²) >= 11 is 0. The van der Waals surface area contributed by atoms with Crippen LogP contribution in [0.4, 0.5) is 145 Å². The monoisotopic (exact) mass is 1130 g/mol. The van der Waals surface area contributed by atoms with Gasteiger partial charge in [-0.3, -0.25) is 13.7 Å². The SMILES string of the molecule is O=S(=O)(O)C1(F)C(F)(F)C(F)(F)C(F)(F)C(F)(F)C1(F)F.O=S(=O)(O)C1(F)C(F)(F)C(F)(F)C(F)(F)C(F)(F)C1(F)F.O=S(=O)(O)C1(F)C(F)(F)C(F)(F)C(F)(F)C(F)(F)C1(F)F.[KH]. The molecule has 3 aliphatic carbocycles. The summed E-state index contributed by atoms with van der Waals surface area (Å²) in [6, 6.07) is 0. The fourth-order valence-corrected chi connectivity index (χ4v) is 7.26. The molecule has 0 saturated heterocycles. The molecule has 3 rings (SSSR count). The normalized spacial score (nSPS) is 31.1. The van der Waals surface area contributed by atoms with E-state index in [-0.39, 0.29) is 51.4 Å². The molecule has 64 heavy (non-hydrogen) atoms. The fourth-order valence-electron chi connectivity index (χ4n) is 4.55. The van der Waals surface area contributed by atoms with Crippen LogP contribution < -0.4 is 0 Å². The Labute approximate surface area is 367 Å². The van der Waals surface area contributed by atoms with Gasteiger partial charge in [-0.2, -0.15) is 157 Å². The molecule has 3 aliphatic rings.